The minimum atomic E-state index is -0.991. The van der Waals surface area contributed by atoms with Gasteiger partial charge in [0.05, 0.1) is 6.26 Å². The Hall–Kier alpha value is -1.26. The zero-order chi connectivity index (χ0) is 6.69. The molecule has 0 aromatic carbocycles. The van der Waals surface area contributed by atoms with Crippen LogP contribution in [0, 0.1) is 10.1 Å². The maximum Gasteiger partial charge on any atom is 0.809 e. The van der Waals surface area contributed by atoms with E-state index in [1.54, 1.807) is 12.2 Å². The van der Waals surface area contributed by atoms with Crippen LogP contribution in [-0.2, 0) is 4.65 Å². The Morgan fingerprint density at radius 1 is 1.56 bits per heavy atom. The second-order valence-electron chi connectivity index (χ2n) is 1.53. The van der Waals surface area contributed by atoms with Crippen LogP contribution in [-0.4, -0.2) is 11.9 Å². The molecule has 0 saturated heterocycles. The number of rotatable bonds is 1. The molecule has 0 fully saturated rings. The molecule has 0 N–H and O–H groups in total. The van der Waals surface area contributed by atoms with E-state index in [2.05, 4.69) is 4.65 Å². The van der Waals surface area contributed by atoms with E-state index in [0.29, 0.717) is 0 Å². The first-order valence-corrected chi connectivity index (χ1v) is 2.43. The van der Waals surface area contributed by atoms with Crippen molar-refractivity contribution in [3.63, 3.8) is 0 Å². The molecule has 0 aromatic rings. The van der Waals surface area contributed by atoms with Gasteiger partial charge in [0.1, 0.15) is 0 Å². The lowest BCUT2D eigenvalue weighted by atomic mass is 9.83. The maximum atomic E-state index is 9.95. The average molecular weight is 125 g/mol. The molecule has 0 aromatic heterocycles. The van der Waals surface area contributed by atoms with Crippen molar-refractivity contribution in [3.8, 4) is 0 Å². The molecule has 0 unspecified atom stereocenters. The maximum absolute atomic E-state index is 9.95. The van der Waals surface area contributed by atoms with Gasteiger partial charge in [-0.2, -0.15) is 0 Å². The monoisotopic (exact) mass is 125 g/mol. The molecule has 5 heteroatoms. The molecule has 0 aliphatic carbocycles. The summed E-state index contributed by atoms with van der Waals surface area (Å²) < 4.78 is 4.57. The predicted molar refractivity (Wildman–Crippen MR) is 32.1 cm³/mol. The molecule has 0 radical (unpaired) electrons. The van der Waals surface area contributed by atoms with E-state index in [4.69, 9.17) is 0 Å². The zero-order valence-corrected chi connectivity index (χ0v) is 4.56. The van der Waals surface area contributed by atoms with Gasteiger partial charge in [0.15, 0.2) is 0 Å². The summed E-state index contributed by atoms with van der Waals surface area (Å²) in [6.07, 6.45) is 4.48. The first-order chi connectivity index (χ1) is 4.30. The van der Waals surface area contributed by atoms with E-state index in [0.717, 1.165) is 0 Å². The minimum Gasteiger partial charge on any atom is -0.501 e. The summed E-state index contributed by atoms with van der Waals surface area (Å²) in [5.41, 5.74) is 0. The van der Waals surface area contributed by atoms with Crippen molar-refractivity contribution in [1.82, 2.24) is 0 Å². The molecule has 1 aliphatic heterocycles. The van der Waals surface area contributed by atoms with Crippen molar-refractivity contribution >= 4 is 7.05 Å². The Morgan fingerprint density at radius 3 is 2.67 bits per heavy atom. The molecule has 0 atom stereocenters. The van der Waals surface area contributed by atoms with Gasteiger partial charge in [-0.15, -0.1) is 0 Å². The molecule has 0 amide bonds. The SMILES string of the molecule is O=[N+]([O-])B1C=CC=CO1. The summed E-state index contributed by atoms with van der Waals surface area (Å²) in [5.74, 6) is 1.38. The van der Waals surface area contributed by atoms with Crippen LogP contribution in [0.4, 0.5) is 0 Å². The molecule has 1 aliphatic rings. The molecule has 0 saturated carbocycles. The Morgan fingerprint density at radius 2 is 2.33 bits per heavy atom. The molecule has 46 valence electrons. The van der Waals surface area contributed by atoms with Gasteiger partial charge >= 0.3 is 7.05 Å². The third-order valence-corrected chi connectivity index (χ3v) is 0.891. The van der Waals surface area contributed by atoms with Gasteiger partial charge in [0.25, 0.3) is 0 Å². The molecule has 1 rings (SSSR count). The number of nitro groups is 1. The number of nitrogens with zero attached hydrogens (tertiary/aromatic N) is 1. The Bertz CT molecular complexity index is 177. The van der Waals surface area contributed by atoms with Crippen LogP contribution >= 0.6 is 0 Å². The summed E-state index contributed by atoms with van der Waals surface area (Å²) >= 11 is 0. The lowest BCUT2D eigenvalue weighted by molar-refractivity contribution is -0.345. The van der Waals surface area contributed by atoms with E-state index >= 15 is 0 Å². The molecule has 0 spiro atoms. The minimum absolute atomic E-state index is 0.500. The van der Waals surface area contributed by atoms with Crippen molar-refractivity contribution < 1.29 is 9.49 Å². The highest BCUT2D eigenvalue weighted by molar-refractivity contribution is 6.49. The highest BCUT2D eigenvalue weighted by Gasteiger charge is 2.32. The van der Waals surface area contributed by atoms with Crippen molar-refractivity contribution in [1.29, 1.82) is 0 Å². The molecule has 0 bridgehead atoms. The normalized spacial score (nSPS) is 15.3. The van der Waals surface area contributed by atoms with Gasteiger partial charge < -0.3 is 4.65 Å². The molecular weight excluding hydrogens is 121 g/mol. The van der Waals surface area contributed by atoms with Gasteiger partial charge in [-0.05, 0) is 10.9 Å². The summed E-state index contributed by atoms with van der Waals surface area (Å²) in [6, 6.07) is 0. The van der Waals surface area contributed by atoms with E-state index in [1.807, 2.05) is 0 Å². The Labute approximate surface area is 52.1 Å². The van der Waals surface area contributed by atoms with E-state index in [1.165, 1.54) is 12.2 Å². The van der Waals surface area contributed by atoms with Crippen molar-refractivity contribution in [2.75, 3.05) is 0 Å². The van der Waals surface area contributed by atoms with Crippen LogP contribution < -0.4 is 0 Å². The molecule has 1 heterocycles. The van der Waals surface area contributed by atoms with Gasteiger partial charge in [-0.3, -0.25) is 10.1 Å². The smallest absolute Gasteiger partial charge is 0.501 e. The largest absolute Gasteiger partial charge is 0.809 e. The van der Waals surface area contributed by atoms with Crippen LogP contribution in [0.3, 0.4) is 0 Å². The van der Waals surface area contributed by atoms with Crippen molar-refractivity contribution in [2.24, 2.45) is 0 Å². The summed E-state index contributed by atoms with van der Waals surface area (Å²) in [6.45, 7) is 0. The van der Waals surface area contributed by atoms with Gasteiger partial charge in [0.2, 0.25) is 0 Å². The number of hydrogen-bond acceptors (Lipinski definition) is 3. The lowest BCUT2D eigenvalue weighted by Gasteiger charge is -1.99. The fraction of sp³-hybridized carbons (Fsp3) is 0. The predicted octanol–water partition coefficient (Wildman–Crippen LogP) is 0.391. The van der Waals surface area contributed by atoms with Crippen LogP contribution in [0.2, 0.25) is 0 Å². The second kappa shape index (κ2) is 2.34. The summed E-state index contributed by atoms with van der Waals surface area (Å²) in [4.78, 5) is 9.45. The third kappa shape index (κ3) is 1.32. The Balaban J connectivity index is 2.56. The second-order valence-corrected chi connectivity index (χ2v) is 1.53. The number of hydrogen-bond donors (Lipinski definition) is 0. The van der Waals surface area contributed by atoms with Crippen LogP contribution in [0.25, 0.3) is 0 Å². The zero-order valence-electron chi connectivity index (χ0n) is 4.56. The van der Waals surface area contributed by atoms with Crippen LogP contribution in [0.1, 0.15) is 0 Å². The fourth-order valence-corrected chi connectivity index (χ4v) is 0.496. The van der Waals surface area contributed by atoms with Gasteiger partial charge in [-0.25, -0.2) is 0 Å². The summed E-state index contributed by atoms with van der Waals surface area (Å²) in [5, 5.41) is 9.95. The van der Waals surface area contributed by atoms with E-state index in [-0.39, 0.29) is 0 Å². The van der Waals surface area contributed by atoms with E-state index in [9.17, 15) is 10.1 Å². The van der Waals surface area contributed by atoms with Gasteiger partial charge in [-0.1, -0.05) is 6.08 Å². The van der Waals surface area contributed by atoms with Crippen LogP contribution in [0.15, 0.2) is 24.4 Å². The first kappa shape index (κ1) is 5.87. The van der Waals surface area contributed by atoms with E-state index < -0.39 is 11.9 Å². The highest BCUT2D eigenvalue weighted by atomic mass is 16.6. The van der Waals surface area contributed by atoms with Crippen molar-refractivity contribution in [2.45, 2.75) is 0 Å². The number of allylic oxidation sites excluding steroid dienone is 2. The molecular formula is C4H4BNO3. The average Bonchev–Trinajstić information content (AvgIpc) is 1.90. The quantitative estimate of drug-likeness (QED) is 0.289. The third-order valence-electron chi connectivity index (χ3n) is 0.891. The van der Waals surface area contributed by atoms with Crippen molar-refractivity contribution in [3.05, 3.63) is 34.5 Å². The lowest BCUT2D eigenvalue weighted by Crippen LogP contribution is -2.25. The standard InChI is InChI=1S/C4H4BNO3/c7-6(8)5-3-1-2-4-9-5/h1-4H. The summed E-state index contributed by atoms with van der Waals surface area (Å²) in [7, 11) is -0.991. The topological polar surface area (TPSA) is 52.4 Å². The Kier molecular flexibility index (Phi) is 1.53. The highest BCUT2D eigenvalue weighted by Crippen LogP contribution is 1.97. The van der Waals surface area contributed by atoms with Crippen LogP contribution in [0.5, 0.6) is 0 Å². The fourth-order valence-electron chi connectivity index (χ4n) is 0.496. The molecule has 4 nitrogen and oxygen atoms in total. The molecule has 9 heavy (non-hydrogen) atoms. The first-order valence-electron chi connectivity index (χ1n) is 2.43. The van der Waals surface area contributed by atoms with Gasteiger partial charge in [0, 0.05) is 5.98 Å².